The number of nitrogens with zero attached hydrogens (tertiary/aromatic N) is 2. The smallest absolute Gasteiger partial charge is 0.490 e. The van der Waals surface area contributed by atoms with Gasteiger partial charge in [-0.1, -0.05) is 0 Å². The first-order valence-electron chi connectivity index (χ1n) is 9.06. The highest BCUT2D eigenvalue weighted by Crippen LogP contribution is 2.42. The number of aliphatic carboxylic acids is 1. The minimum atomic E-state index is -5.08. The average Bonchev–Trinajstić information content (AvgIpc) is 3.21. The van der Waals surface area contributed by atoms with Crippen LogP contribution in [0.25, 0.3) is 33.1 Å². The van der Waals surface area contributed by atoms with Crippen molar-refractivity contribution in [1.82, 2.24) is 15.2 Å². The Kier molecular flexibility index (Phi) is 6.10. The number of aromatic amines is 1. The van der Waals surface area contributed by atoms with Crippen LogP contribution in [-0.2, 0) is 4.79 Å². The number of hydrogen-bond acceptors (Lipinski definition) is 6. The number of alkyl halides is 3. The van der Waals surface area contributed by atoms with E-state index in [0.717, 1.165) is 33.0 Å². The number of ether oxygens (including phenoxy) is 2. The van der Waals surface area contributed by atoms with Crippen molar-refractivity contribution < 1.29 is 37.7 Å². The van der Waals surface area contributed by atoms with E-state index in [4.69, 9.17) is 24.4 Å². The van der Waals surface area contributed by atoms with Crippen molar-refractivity contribution in [2.24, 2.45) is 0 Å². The van der Waals surface area contributed by atoms with Gasteiger partial charge in [0, 0.05) is 27.3 Å². The number of phenols is 1. The molecule has 0 aliphatic heterocycles. The molecule has 4 aromatic rings. The second-order valence-electron chi connectivity index (χ2n) is 6.60. The van der Waals surface area contributed by atoms with Gasteiger partial charge in [-0.05, 0) is 37.3 Å². The van der Waals surface area contributed by atoms with Crippen molar-refractivity contribution >= 4 is 27.8 Å². The normalized spacial score (nSPS) is 11.2. The van der Waals surface area contributed by atoms with Crippen molar-refractivity contribution in [3.05, 3.63) is 42.1 Å². The maximum Gasteiger partial charge on any atom is 0.490 e. The SMILES string of the molecule is COc1cc2c(-c3ccc(O)cc3)nc3[nH]ncc3c2c(C)c1OC.O=C(O)C(F)(F)F. The molecule has 0 saturated carbocycles. The molecular formula is C21H18F3N3O5. The lowest BCUT2D eigenvalue weighted by Gasteiger charge is -2.16. The molecule has 0 unspecified atom stereocenters. The lowest BCUT2D eigenvalue weighted by molar-refractivity contribution is -0.192. The van der Waals surface area contributed by atoms with Crippen molar-refractivity contribution in [3.63, 3.8) is 0 Å². The van der Waals surface area contributed by atoms with Gasteiger partial charge in [0.15, 0.2) is 17.1 Å². The summed E-state index contributed by atoms with van der Waals surface area (Å²) in [5, 5.41) is 26.7. The van der Waals surface area contributed by atoms with Crippen molar-refractivity contribution in [1.29, 1.82) is 0 Å². The number of nitrogens with one attached hydrogen (secondary N) is 1. The van der Waals surface area contributed by atoms with Gasteiger partial charge < -0.3 is 19.7 Å². The molecule has 4 rings (SSSR count). The van der Waals surface area contributed by atoms with Crippen LogP contribution in [0.3, 0.4) is 0 Å². The highest BCUT2D eigenvalue weighted by Gasteiger charge is 2.38. The number of benzene rings is 2. The summed E-state index contributed by atoms with van der Waals surface area (Å²) in [6, 6.07) is 8.90. The number of H-pyrrole nitrogens is 1. The topological polar surface area (TPSA) is 118 Å². The number of hydrogen-bond donors (Lipinski definition) is 3. The Hall–Kier alpha value is -4.02. The Morgan fingerprint density at radius 2 is 1.72 bits per heavy atom. The summed E-state index contributed by atoms with van der Waals surface area (Å²) in [6.45, 7) is 2.00. The molecular weight excluding hydrogens is 431 g/mol. The molecule has 0 saturated heterocycles. The second-order valence-corrected chi connectivity index (χ2v) is 6.60. The molecule has 0 amide bonds. The Bertz CT molecular complexity index is 1280. The molecule has 3 N–H and O–H groups in total. The van der Waals surface area contributed by atoms with Crippen LogP contribution >= 0.6 is 0 Å². The average molecular weight is 449 g/mol. The second kappa shape index (κ2) is 8.61. The molecule has 0 spiro atoms. The zero-order chi connectivity index (χ0) is 23.6. The molecule has 2 heterocycles. The zero-order valence-corrected chi connectivity index (χ0v) is 17.1. The lowest BCUT2D eigenvalue weighted by Crippen LogP contribution is -2.21. The van der Waals surface area contributed by atoms with Crippen molar-refractivity contribution in [2.75, 3.05) is 14.2 Å². The van der Waals surface area contributed by atoms with Crippen LogP contribution in [0.4, 0.5) is 13.2 Å². The monoisotopic (exact) mass is 449 g/mol. The number of aryl methyl sites for hydroxylation is 1. The van der Waals surface area contributed by atoms with Gasteiger partial charge in [0.05, 0.1) is 26.1 Å². The van der Waals surface area contributed by atoms with Crippen LogP contribution in [-0.4, -0.2) is 51.8 Å². The lowest BCUT2D eigenvalue weighted by atomic mass is 9.97. The number of pyridine rings is 1. The number of carbonyl (C=O) groups is 1. The molecule has 0 aliphatic carbocycles. The van der Waals surface area contributed by atoms with E-state index in [0.29, 0.717) is 17.1 Å². The van der Waals surface area contributed by atoms with Gasteiger partial charge in [0.1, 0.15) is 5.75 Å². The summed E-state index contributed by atoms with van der Waals surface area (Å²) < 4.78 is 42.8. The summed E-state index contributed by atoms with van der Waals surface area (Å²) in [7, 11) is 3.25. The number of fused-ring (bicyclic) bond motifs is 3. The summed E-state index contributed by atoms with van der Waals surface area (Å²) in [5.74, 6) is -1.20. The van der Waals surface area contributed by atoms with E-state index in [1.807, 2.05) is 25.1 Å². The fourth-order valence-electron chi connectivity index (χ4n) is 3.27. The fraction of sp³-hybridized carbons (Fsp3) is 0.190. The molecule has 0 atom stereocenters. The summed E-state index contributed by atoms with van der Waals surface area (Å²) >= 11 is 0. The molecule has 8 nitrogen and oxygen atoms in total. The predicted molar refractivity (Wildman–Crippen MR) is 110 cm³/mol. The number of carboxylic acid groups (broad SMARTS) is 1. The van der Waals surface area contributed by atoms with E-state index in [1.54, 1.807) is 32.5 Å². The maximum atomic E-state index is 10.6. The quantitative estimate of drug-likeness (QED) is 0.423. The number of methoxy groups -OCH3 is 2. The van der Waals surface area contributed by atoms with E-state index >= 15 is 0 Å². The van der Waals surface area contributed by atoms with Gasteiger partial charge in [-0.15, -0.1) is 0 Å². The molecule has 32 heavy (non-hydrogen) atoms. The molecule has 0 bridgehead atoms. The third-order valence-corrected chi connectivity index (χ3v) is 4.66. The van der Waals surface area contributed by atoms with E-state index in [-0.39, 0.29) is 5.75 Å². The Labute approximate surface area is 179 Å². The number of halogens is 3. The number of carboxylic acids is 1. The van der Waals surface area contributed by atoms with E-state index in [9.17, 15) is 18.3 Å². The molecule has 0 aliphatic rings. The third-order valence-electron chi connectivity index (χ3n) is 4.66. The number of aromatic hydroxyl groups is 1. The third kappa shape index (κ3) is 4.22. The molecule has 168 valence electrons. The minimum Gasteiger partial charge on any atom is -0.508 e. The van der Waals surface area contributed by atoms with Crippen molar-refractivity contribution in [2.45, 2.75) is 13.1 Å². The number of aromatic nitrogens is 3. The van der Waals surface area contributed by atoms with Gasteiger partial charge in [0.2, 0.25) is 0 Å². The Morgan fingerprint density at radius 3 is 2.25 bits per heavy atom. The predicted octanol–water partition coefficient (Wildman–Crippen LogP) is 4.44. The fourth-order valence-corrected chi connectivity index (χ4v) is 3.27. The molecule has 2 aromatic carbocycles. The van der Waals surface area contributed by atoms with Gasteiger partial charge in [0.25, 0.3) is 0 Å². The first-order chi connectivity index (χ1) is 15.1. The Balaban J connectivity index is 0.000000360. The molecule has 11 heteroatoms. The van der Waals surface area contributed by atoms with Crippen LogP contribution in [0.15, 0.2) is 36.5 Å². The van der Waals surface area contributed by atoms with Gasteiger partial charge in [-0.2, -0.15) is 18.3 Å². The van der Waals surface area contributed by atoms with Crippen molar-refractivity contribution in [3.8, 4) is 28.5 Å². The molecule has 0 radical (unpaired) electrons. The first-order valence-corrected chi connectivity index (χ1v) is 9.06. The maximum absolute atomic E-state index is 10.6. The van der Waals surface area contributed by atoms with E-state index < -0.39 is 12.1 Å². The summed E-state index contributed by atoms with van der Waals surface area (Å²) in [4.78, 5) is 13.6. The number of phenolic OH excluding ortho intramolecular Hbond substituents is 1. The standard InChI is InChI=1S/C19H17N3O3.C2HF3O2/c1-10-16-13(8-15(24-2)18(10)25-3)17(11-4-6-12(23)7-5-11)21-19-14(16)9-20-22-19;3-2(4,5)1(6)7/h4-9,23H,1-3H3,(H,20,21,22);(H,6,7). The highest BCUT2D eigenvalue weighted by molar-refractivity contribution is 6.12. The molecule has 2 aromatic heterocycles. The van der Waals surface area contributed by atoms with Crippen LogP contribution in [0.5, 0.6) is 17.2 Å². The summed E-state index contributed by atoms with van der Waals surface area (Å²) in [6.07, 6.45) is -3.32. The highest BCUT2D eigenvalue weighted by atomic mass is 19.4. The van der Waals surface area contributed by atoms with Gasteiger partial charge in [-0.25, -0.2) is 9.78 Å². The first kappa shape index (κ1) is 22.7. The van der Waals surface area contributed by atoms with Crippen LogP contribution in [0, 0.1) is 6.92 Å². The molecule has 0 fully saturated rings. The van der Waals surface area contributed by atoms with Crippen LogP contribution < -0.4 is 9.47 Å². The van der Waals surface area contributed by atoms with Gasteiger partial charge in [-0.3, -0.25) is 5.10 Å². The van der Waals surface area contributed by atoms with E-state index in [2.05, 4.69) is 10.2 Å². The minimum absolute atomic E-state index is 0.214. The van der Waals surface area contributed by atoms with E-state index in [1.165, 1.54) is 0 Å². The zero-order valence-electron chi connectivity index (χ0n) is 17.1. The van der Waals surface area contributed by atoms with Gasteiger partial charge >= 0.3 is 12.1 Å². The van der Waals surface area contributed by atoms with Crippen LogP contribution in [0.2, 0.25) is 0 Å². The number of rotatable bonds is 3. The van der Waals surface area contributed by atoms with Crippen LogP contribution in [0.1, 0.15) is 5.56 Å². The Morgan fingerprint density at radius 1 is 1.09 bits per heavy atom. The summed E-state index contributed by atoms with van der Waals surface area (Å²) in [5.41, 5.74) is 3.35. The largest absolute Gasteiger partial charge is 0.508 e.